The Morgan fingerprint density at radius 3 is 2.71 bits per heavy atom. The van der Waals surface area contributed by atoms with Gasteiger partial charge in [-0.3, -0.25) is 9.59 Å². The number of aryl methyl sites for hydroxylation is 1. The molecule has 1 aromatic heterocycles. The minimum Gasteiger partial charge on any atom is -0.481 e. The van der Waals surface area contributed by atoms with E-state index in [-0.39, 0.29) is 12.3 Å². The molecule has 1 amide bonds. The summed E-state index contributed by atoms with van der Waals surface area (Å²) in [7, 11) is 0. The summed E-state index contributed by atoms with van der Waals surface area (Å²) >= 11 is 1.58. The maximum Gasteiger partial charge on any atom is 0.303 e. The predicted molar refractivity (Wildman–Crippen MR) is 93.6 cm³/mol. The molecule has 0 spiro atoms. The van der Waals surface area contributed by atoms with Crippen molar-refractivity contribution in [3.63, 3.8) is 0 Å². The molecule has 1 atom stereocenters. The van der Waals surface area contributed by atoms with E-state index in [0.717, 1.165) is 35.0 Å². The zero-order valence-electron chi connectivity index (χ0n) is 14.3. The molecule has 5 nitrogen and oxygen atoms in total. The summed E-state index contributed by atoms with van der Waals surface area (Å²) in [5.74, 6) is 0.188. The van der Waals surface area contributed by atoms with Gasteiger partial charge in [-0.25, -0.2) is 4.98 Å². The van der Waals surface area contributed by atoms with Crippen molar-refractivity contribution >= 4 is 23.2 Å². The summed E-state index contributed by atoms with van der Waals surface area (Å²) in [4.78, 5) is 31.1. The van der Waals surface area contributed by atoms with Crippen LogP contribution < -0.4 is 0 Å². The smallest absolute Gasteiger partial charge is 0.303 e. The maximum absolute atomic E-state index is 12.9. The van der Waals surface area contributed by atoms with Crippen LogP contribution in [0.4, 0.5) is 0 Å². The summed E-state index contributed by atoms with van der Waals surface area (Å²) in [5.41, 5.74) is 0.861. The Kier molecular flexibility index (Phi) is 5.54. The van der Waals surface area contributed by atoms with Crippen molar-refractivity contribution in [3.05, 3.63) is 15.6 Å². The Morgan fingerprint density at radius 2 is 2.00 bits per heavy atom. The van der Waals surface area contributed by atoms with Crippen molar-refractivity contribution in [2.45, 2.75) is 64.2 Å². The van der Waals surface area contributed by atoms with Crippen LogP contribution in [-0.4, -0.2) is 40.0 Å². The molecular formula is C18H26N2O3S. The van der Waals surface area contributed by atoms with Crippen LogP contribution in [0.1, 0.15) is 77.7 Å². The summed E-state index contributed by atoms with van der Waals surface area (Å²) in [6.07, 6.45) is 7.76. The molecule has 6 heteroatoms. The predicted octanol–water partition coefficient (Wildman–Crippen LogP) is 3.83. The zero-order chi connectivity index (χ0) is 17.1. The average molecular weight is 350 g/mol. The molecule has 0 radical (unpaired) electrons. The maximum atomic E-state index is 12.9. The largest absolute Gasteiger partial charge is 0.481 e. The fraction of sp³-hybridized carbons (Fsp3) is 0.722. The number of amides is 1. The normalized spacial score (nSPS) is 22.0. The fourth-order valence-electron chi connectivity index (χ4n) is 3.92. The molecule has 1 saturated carbocycles. The lowest BCUT2D eigenvalue weighted by molar-refractivity contribution is -0.137. The van der Waals surface area contributed by atoms with Crippen molar-refractivity contribution in [3.8, 4) is 0 Å². The van der Waals surface area contributed by atoms with Gasteiger partial charge in [-0.1, -0.05) is 12.8 Å². The molecule has 1 N–H and O–H groups in total. The number of thiazole rings is 1. The first kappa shape index (κ1) is 17.4. The number of rotatable bonds is 5. The van der Waals surface area contributed by atoms with Gasteiger partial charge in [-0.05, 0) is 44.9 Å². The quantitative estimate of drug-likeness (QED) is 0.876. The first-order chi connectivity index (χ1) is 11.5. The van der Waals surface area contributed by atoms with Gasteiger partial charge in [0.2, 0.25) is 0 Å². The first-order valence-corrected chi connectivity index (χ1v) is 9.84. The molecule has 132 valence electrons. The van der Waals surface area contributed by atoms with Gasteiger partial charge < -0.3 is 10.0 Å². The lowest BCUT2D eigenvalue weighted by Gasteiger charge is -2.32. The van der Waals surface area contributed by atoms with E-state index in [1.807, 2.05) is 11.8 Å². The number of nitrogens with zero attached hydrogens (tertiary/aromatic N) is 2. The molecule has 2 fully saturated rings. The number of hydrogen-bond acceptors (Lipinski definition) is 4. The van der Waals surface area contributed by atoms with Gasteiger partial charge in [-0.15, -0.1) is 11.3 Å². The van der Waals surface area contributed by atoms with Crippen LogP contribution in [-0.2, 0) is 4.79 Å². The number of aliphatic carboxylic acids is 1. The highest BCUT2D eigenvalue weighted by atomic mass is 32.1. The third-order valence-electron chi connectivity index (χ3n) is 5.28. The number of likely N-dealkylation sites (tertiary alicyclic amines) is 1. The van der Waals surface area contributed by atoms with Gasteiger partial charge in [0.25, 0.3) is 5.91 Å². The van der Waals surface area contributed by atoms with Gasteiger partial charge in [0, 0.05) is 25.4 Å². The van der Waals surface area contributed by atoms with Crippen LogP contribution in [0.25, 0.3) is 0 Å². The highest BCUT2D eigenvalue weighted by molar-refractivity contribution is 7.13. The molecule has 0 aromatic carbocycles. The molecule has 0 unspecified atom stereocenters. The molecule has 1 aliphatic carbocycles. The minimum absolute atomic E-state index is 0.0919. The van der Waals surface area contributed by atoms with E-state index in [2.05, 4.69) is 4.98 Å². The third-order valence-corrected chi connectivity index (χ3v) is 6.59. The second-order valence-corrected chi connectivity index (χ2v) is 8.17. The lowest BCUT2D eigenvalue weighted by atomic mass is 9.93. The van der Waals surface area contributed by atoms with Crippen LogP contribution in [0.2, 0.25) is 0 Å². The van der Waals surface area contributed by atoms with Crippen molar-refractivity contribution in [2.75, 3.05) is 13.1 Å². The van der Waals surface area contributed by atoms with Gasteiger partial charge >= 0.3 is 5.97 Å². The highest BCUT2D eigenvalue weighted by Gasteiger charge is 2.29. The minimum atomic E-state index is -0.752. The number of aromatic nitrogens is 1. The van der Waals surface area contributed by atoms with Crippen molar-refractivity contribution in [1.82, 2.24) is 9.88 Å². The van der Waals surface area contributed by atoms with Crippen molar-refractivity contribution in [2.24, 2.45) is 5.92 Å². The van der Waals surface area contributed by atoms with Crippen LogP contribution >= 0.6 is 11.3 Å². The van der Waals surface area contributed by atoms with Crippen LogP contribution in [0.5, 0.6) is 0 Å². The summed E-state index contributed by atoms with van der Waals surface area (Å²) in [6.45, 7) is 3.40. The van der Waals surface area contributed by atoms with E-state index in [1.54, 1.807) is 11.3 Å². The topological polar surface area (TPSA) is 70.5 Å². The summed E-state index contributed by atoms with van der Waals surface area (Å²) in [6, 6.07) is 0. The van der Waals surface area contributed by atoms with Crippen molar-refractivity contribution in [1.29, 1.82) is 0 Å². The molecule has 0 bridgehead atoms. The van der Waals surface area contributed by atoms with E-state index in [9.17, 15) is 9.59 Å². The van der Waals surface area contributed by atoms with Crippen LogP contribution in [0, 0.1) is 12.8 Å². The third kappa shape index (κ3) is 3.97. The molecular weight excluding hydrogens is 324 g/mol. The van der Waals surface area contributed by atoms with Crippen LogP contribution in [0.15, 0.2) is 0 Å². The molecule has 1 saturated heterocycles. The highest BCUT2D eigenvalue weighted by Crippen LogP contribution is 2.37. The average Bonchev–Trinajstić information content (AvgIpc) is 3.22. The molecule has 1 aromatic rings. The fourth-order valence-corrected chi connectivity index (χ4v) is 5.12. The molecule has 1 aliphatic heterocycles. The SMILES string of the molecule is Cc1nc(C2CCCC2)sc1C(=O)N1CCC[C@@H](CCC(=O)O)C1. The Labute approximate surface area is 147 Å². The number of carbonyl (C=O) groups is 2. The first-order valence-electron chi connectivity index (χ1n) is 9.03. The summed E-state index contributed by atoms with van der Waals surface area (Å²) < 4.78 is 0. The number of carboxylic acids is 1. The Morgan fingerprint density at radius 1 is 1.25 bits per heavy atom. The van der Waals surface area contributed by atoms with Crippen LogP contribution in [0.3, 0.4) is 0 Å². The Balaban J connectivity index is 1.66. The zero-order valence-corrected chi connectivity index (χ0v) is 15.1. The number of piperidine rings is 1. The van der Waals surface area contributed by atoms with E-state index in [4.69, 9.17) is 5.11 Å². The second-order valence-electron chi connectivity index (χ2n) is 7.14. The Bertz CT molecular complexity index is 607. The monoisotopic (exact) mass is 350 g/mol. The summed E-state index contributed by atoms with van der Waals surface area (Å²) in [5, 5.41) is 9.99. The number of carboxylic acid groups (broad SMARTS) is 1. The molecule has 2 aliphatic rings. The number of carbonyl (C=O) groups excluding carboxylic acids is 1. The van der Waals surface area contributed by atoms with Crippen molar-refractivity contribution < 1.29 is 14.7 Å². The van der Waals surface area contributed by atoms with Gasteiger partial charge in [0.1, 0.15) is 4.88 Å². The van der Waals surface area contributed by atoms with Gasteiger partial charge in [0.05, 0.1) is 10.7 Å². The standard InChI is InChI=1S/C18H26N2O3S/c1-12-16(24-17(19-12)14-6-2-3-7-14)18(23)20-10-4-5-13(11-20)8-9-15(21)22/h13-14H,2-11H2,1H3,(H,21,22)/t13-/m0/s1. The van der Waals surface area contributed by atoms with E-state index < -0.39 is 5.97 Å². The molecule has 2 heterocycles. The second kappa shape index (κ2) is 7.64. The van der Waals surface area contributed by atoms with E-state index in [1.165, 1.54) is 25.7 Å². The Hall–Kier alpha value is -1.43. The number of hydrogen-bond donors (Lipinski definition) is 1. The van der Waals surface area contributed by atoms with Gasteiger partial charge in [-0.2, -0.15) is 0 Å². The van der Waals surface area contributed by atoms with E-state index in [0.29, 0.717) is 24.8 Å². The molecule has 24 heavy (non-hydrogen) atoms. The lowest BCUT2D eigenvalue weighted by Crippen LogP contribution is -2.40. The van der Waals surface area contributed by atoms with Gasteiger partial charge in [0.15, 0.2) is 0 Å². The molecule has 3 rings (SSSR count). The van der Waals surface area contributed by atoms with E-state index >= 15 is 0 Å².